The number of rotatable bonds is 1. The highest BCUT2D eigenvalue weighted by Crippen LogP contribution is 2.73. The Morgan fingerprint density at radius 2 is 0.895 bits per heavy atom. The monoisotopic (exact) mass is 298 g/mol. The van der Waals surface area contributed by atoms with Gasteiger partial charge in [-0.15, -0.1) is 0 Å². The number of halogens is 8. The quantitative estimate of drug-likeness (QED) is 0.599. The van der Waals surface area contributed by atoms with Gasteiger partial charge in [0.2, 0.25) is 0 Å². The van der Waals surface area contributed by atoms with E-state index < -0.39 is 40.9 Å². The summed E-state index contributed by atoms with van der Waals surface area (Å²) >= 11 is 0. The summed E-state index contributed by atoms with van der Waals surface area (Å²) in [6.45, 7) is 2.41. The van der Waals surface area contributed by atoms with Crippen LogP contribution in [0.5, 0.6) is 0 Å². The molecule has 19 heavy (non-hydrogen) atoms. The summed E-state index contributed by atoms with van der Waals surface area (Å²) in [7, 11) is 0. The molecule has 1 aliphatic carbocycles. The standard InChI is InChI=1S/C11H14F8/c1-5-7(4)6(2,3)8(12,13)10(16,17)11(18,19)9(7,14)15/h5H2,1-4H3. The Hall–Kier alpha value is -0.560. The third-order valence-corrected chi connectivity index (χ3v) is 4.75. The maximum Gasteiger partial charge on any atom is 0.378 e. The summed E-state index contributed by atoms with van der Waals surface area (Å²) in [5.41, 5.74) is -5.99. The van der Waals surface area contributed by atoms with Crippen molar-refractivity contribution in [1.29, 1.82) is 0 Å². The SMILES string of the molecule is CCC1(C)C(C)(C)C(F)(F)C(F)(F)C(F)(F)C1(F)F. The summed E-state index contributed by atoms with van der Waals surface area (Å²) in [5, 5.41) is 0. The van der Waals surface area contributed by atoms with E-state index in [4.69, 9.17) is 0 Å². The lowest BCUT2D eigenvalue weighted by atomic mass is 9.51. The average Bonchev–Trinajstić information content (AvgIpc) is 2.24. The molecule has 0 bridgehead atoms. The van der Waals surface area contributed by atoms with Crippen molar-refractivity contribution in [3.63, 3.8) is 0 Å². The first-order valence-corrected chi connectivity index (χ1v) is 5.57. The van der Waals surface area contributed by atoms with Crippen LogP contribution >= 0.6 is 0 Å². The van der Waals surface area contributed by atoms with Crippen LogP contribution in [0.15, 0.2) is 0 Å². The van der Waals surface area contributed by atoms with E-state index in [0.717, 1.165) is 6.92 Å². The molecule has 1 aliphatic rings. The molecule has 1 fully saturated rings. The fourth-order valence-electron chi connectivity index (χ4n) is 2.54. The number of hydrogen-bond donors (Lipinski definition) is 0. The van der Waals surface area contributed by atoms with E-state index in [1.54, 1.807) is 0 Å². The third-order valence-electron chi connectivity index (χ3n) is 4.75. The molecule has 0 heterocycles. The van der Waals surface area contributed by atoms with Crippen molar-refractivity contribution >= 4 is 0 Å². The summed E-state index contributed by atoms with van der Waals surface area (Å²) in [4.78, 5) is 0. The van der Waals surface area contributed by atoms with Gasteiger partial charge in [0, 0.05) is 10.8 Å². The lowest BCUT2D eigenvalue weighted by molar-refractivity contribution is -0.461. The molecule has 0 aromatic carbocycles. The van der Waals surface area contributed by atoms with Gasteiger partial charge in [0.05, 0.1) is 0 Å². The second-order valence-electron chi connectivity index (χ2n) is 5.61. The Morgan fingerprint density at radius 3 is 1.21 bits per heavy atom. The lowest BCUT2D eigenvalue weighted by Crippen LogP contribution is -2.79. The Kier molecular flexibility index (Phi) is 3.08. The maximum absolute atomic E-state index is 13.8. The molecule has 0 nitrogen and oxygen atoms in total. The van der Waals surface area contributed by atoms with Gasteiger partial charge in [-0.1, -0.05) is 27.7 Å². The number of alkyl halides is 8. The van der Waals surface area contributed by atoms with Crippen LogP contribution in [0.2, 0.25) is 0 Å². The molecule has 0 aromatic heterocycles. The van der Waals surface area contributed by atoms with Gasteiger partial charge >= 0.3 is 23.7 Å². The largest absolute Gasteiger partial charge is 0.378 e. The van der Waals surface area contributed by atoms with Crippen LogP contribution in [0, 0.1) is 10.8 Å². The second kappa shape index (κ2) is 3.55. The van der Waals surface area contributed by atoms with Crippen LogP contribution < -0.4 is 0 Å². The summed E-state index contributed by atoms with van der Waals surface area (Å²) < 4.78 is 108. The fraction of sp³-hybridized carbons (Fsp3) is 1.00. The van der Waals surface area contributed by atoms with Crippen molar-refractivity contribution in [2.45, 2.75) is 57.8 Å². The average molecular weight is 298 g/mol. The molecule has 1 rings (SSSR count). The summed E-state index contributed by atoms with van der Waals surface area (Å²) in [5.74, 6) is -22.8. The zero-order valence-corrected chi connectivity index (χ0v) is 10.7. The Balaban J connectivity index is 3.76. The van der Waals surface area contributed by atoms with E-state index in [9.17, 15) is 35.1 Å². The van der Waals surface area contributed by atoms with Gasteiger partial charge in [-0.25, -0.2) is 0 Å². The van der Waals surface area contributed by atoms with Crippen LogP contribution in [-0.2, 0) is 0 Å². The Morgan fingerprint density at radius 1 is 0.579 bits per heavy atom. The molecule has 0 N–H and O–H groups in total. The van der Waals surface area contributed by atoms with Crippen LogP contribution in [0.4, 0.5) is 35.1 Å². The van der Waals surface area contributed by atoms with E-state index in [2.05, 4.69) is 0 Å². The van der Waals surface area contributed by atoms with E-state index >= 15 is 0 Å². The van der Waals surface area contributed by atoms with E-state index in [0.29, 0.717) is 20.8 Å². The van der Waals surface area contributed by atoms with Gasteiger partial charge in [-0.2, -0.15) is 35.1 Å². The van der Waals surface area contributed by atoms with Gasteiger partial charge in [0.15, 0.2) is 0 Å². The molecule has 0 radical (unpaired) electrons. The molecule has 114 valence electrons. The minimum Gasteiger partial charge on any atom is -0.199 e. The molecule has 1 unspecified atom stereocenters. The highest BCUT2D eigenvalue weighted by atomic mass is 19.4. The zero-order chi connectivity index (χ0) is 15.7. The first kappa shape index (κ1) is 16.5. The van der Waals surface area contributed by atoms with Gasteiger partial charge in [-0.3, -0.25) is 0 Å². The maximum atomic E-state index is 13.8. The zero-order valence-electron chi connectivity index (χ0n) is 10.7. The first-order chi connectivity index (χ1) is 8.06. The number of hydrogen-bond acceptors (Lipinski definition) is 0. The molecule has 1 saturated carbocycles. The van der Waals surface area contributed by atoms with Crippen molar-refractivity contribution in [1.82, 2.24) is 0 Å². The lowest BCUT2D eigenvalue weighted by Gasteiger charge is -2.60. The van der Waals surface area contributed by atoms with Crippen molar-refractivity contribution in [3.05, 3.63) is 0 Å². The van der Waals surface area contributed by atoms with Crippen molar-refractivity contribution < 1.29 is 35.1 Å². The van der Waals surface area contributed by atoms with E-state index in [-0.39, 0.29) is 0 Å². The fourth-order valence-corrected chi connectivity index (χ4v) is 2.54. The highest BCUT2D eigenvalue weighted by molar-refractivity contribution is 5.22. The molecule has 0 amide bonds. The molecule has 0 saturated heterocycles. The van der Waals surface area contributed by atoms with Gasteiger partial charge < -0.3 is 0 Å². The topological polar surface area (TPSA) is 0 Å². The van der Waals surface area contributed by atoms with Crippen molar-refractivity contribution in [3.8, 4) is 0 Å². The van der Waals surface area contributed by atoms with Crippen molar-refractivity contribution in [2.75, 3.05) is 0 Å². The van der Waals surface area contributed by atoms with E-state index in [1.165, 1.54) is 0 Å². The minimum atomic E-state index is -6.12. The van der Waals surface area contributed by atoms with Crippen LogP contribution in [0.3, 0.4) is 0 Å². The summed E-state index contributed by atoms with van der Waals surface area (Å²) in [6, 6.07) is 0. The molecule has 8 heteroatoms. The van der Waals surface area contributed by atoms with Gasteiger partial charge in [0.25, 0.3) is 0 Å². The van der Waals surface area contributed by atoms with Crippen LogP contribution in [0.25, 0.3) is 0 Å². The molecule has 0 aliphatic heterocycles. The molecular formula is C11H14F8. The molecular weight excluding hydrogens is 284 g/mol. The third kappa shape index (κ3) is 1.31. The first-order valence-electron chi connectivity index (χ1n) is 5.57. The van der Waals surface area contributed by atoms with Gasteiger partial charge in [-0.05, 0) is 6.42 Å². The van der Waals surface area contributed by atoms with Crippen LogP contribution in [-0.4, -0.2) is 23.7 Å². The normalized spacial score (nSPS) is 37.9. The smallest absolute Gasteiger partial charge is 0.199 e. The Labute approximate surface area is 105 Å². The van der Waals surface area contributed by atoms with Crippen LogP contribution in [0.1, 0.15) is 34.1 Å². The molecule has 0 spiro atoms. The minimum absolute atomic E-state index is 0.466. The summed E-state index contributed by atoms with van der Waals surface area (Å²) in [6.07, 6.45) is -0.797. The highest BCUT2D eigenvalue weighted by Gasteiger charge is 2.93. The second-order valence-corrected chi connectivity index (χ2v) is 5.61. The molecule has 0 aromatic rings. The Bertz CT molecular complexity index is 352. The van der Waals surface area contributed by atoms with Crippen molar-refractivity contribution in [2.24, 2.45) is 10.8 Å². The predicted molar refractivity (Wildman–Crippen MR) is 52.0 cm³/mol. The predicted octanol–water partition coefficient (Wildman–Crippen LogP) is 4.98. The van der Waals surface area contributed by atoms with Gasteiger partial charge in [0.1, 0.15) is 0 Å². The van der Waals surface area contributed by atoms with E-state index in [1.807, 2.05) is 0 Å². The molecule has 1 atom stereocenters.